The van der Waals surface area contributed by atoms with Crippen molar-refractivity contribution in [3.8, 4) is 0 Å². The smallest absolute Gasteiger partial charge is 0.416 e. The number of nitrogens with zero attached hydrogens (tertiary/aromatic N) is 2. The lowest BCUT2D eigenvalue weighted by Crippen LogP contribution is -2.55. The lowest BCUT2D eigenvalue weighted by molar-refractivity contribution is -0.812. The quantitative estimate of drug-likeness (QED) is 0.122. The summed E-state index contributed by atoms with van der Waals surface area (Å²) in [7, 11) is 3.20. The maximum absolute atomic E-state index is 12.5. The number of benzene rings is 1. The van der Waals surface area contributed by atoms with Crippen LogP contribution < -0.4 is 5.32 Å². The summed E-state index contributed by atoms with van der Waals surface area (Å²) in [5.74, 6) is -2.06. The fraction of sp³-hybridized carbons (Fsp3) is 0.565. The van der Waals surface area contributed by atoms with E-state index < -0.39 is 29.4 Å². The second-order valence-corrected chi connectivity index (χ2v) is 8.63. The SMILES string of the molecule is CC(=O)OC(CC(=O)O)C[N+](C)(C)C(=O)NCCCCCC(=O)OCCc1ccc([N+](=O)[O-])cc1. The number of ether oxygens (including phenoxy) is 2. The third-order valence-corrected chi connectivity index (χ3v) is 5.08. The van der Waals surface area contributed by atoms with Gasteiger partial charge in [-0.15, -0.1) is 0 Å². The summed E-state index contributed by atoms with van der Waals surface area (Å²) in [5, 5.41) is 22.4. The number of amides is 2. The van der Waals surface area contributed by atoms with Crippen molar-refractivity contribution in [1.29, 1.82) is 0 Å². The van der Waals surface area contributed by atoms with Crippen LogP contribution in [0.5, 0.6) is 0 Å². The van der Waals surface area contributed by atoms with Crippen molar-refractivity contribution in [2.75, 3.05) is 33.8 Å². The third kappa shape index (κ3) is 12.5. The normalized spacial score (nSPS) is 11.9. The summed E-state index contributed by atoms with van der Waals surface area (Å²) in [6.07, 6.45) is 1.33. The Hall–Kier alpha value is -3.54. The van der Waals surface area contributed by atoms with E-state index in [0.717, 1.165) is 5.56 Å². The summed E-state index contributed by atoms with van der Waals surface area (Å²) < 4.78 is 9.99. The van der Waals surface area contributed by atoms with Crippen molar-refractivity contribution in [1.82, 2.24) is 5.32 Å². The number of unbranched alkanes of at least 4 members (excludes halogenated alkanes) is 2. The zero-order valence-electron chi connectivity index (χ0n) is 20.4. The van der Waals surface area contributed by atoms with Gasteiger partial charge in [0.05, 0.1) is 32.0 Å². The maximum Gasteiger partial charge on any atom is 0.416 e. The van der Waals surface area contributed by atoms with Gasteiger partial charge < -0.3 is 19.9 Å². The molecule has 1 aromatic rings. The van der Waals surface area contributed by atoms with Gasteiger partial charge in [-0.2, -0.15) is 0 Å². The first kappa shape index (κ1) is 29.5. The van der Waals surface area contributed by atoms with E-state index >= 15 is 0 Å². The number of carbonyl (C=O) groups excluding carboxylic acids is 3. The number of aliphatic carboxylic acids is 1. The summed E-state index contributed by atoms with van der Waals surface area (Å²) in [5.41, 5.74) is 0.844. The van der Waals surface area contributed by atoms with Gasteiger partial charge in [-0.05, 0) is 18.4 Å². The molecule has 0 aliphatic carbocycles. The van der Waals surface area contributed by atoms with Crippen LogP contribution in [0.15, 0.2) is 24.3 Å². The van der Waals surface area contributed by atoms with Crippen LogP contribution in [0.2, 0.25) is 0 Å². The molecule has 2 amide bonds. The lowest BCUT2D eigenvalue weighted by atomic mass is 10.1. The molecule has 0 heterocycles. The third-order valence-electron chi connectivity index (χ3n) is 5.08. The number of likely N-dealkylation sites (N-methyl/N-ethyl adjacent to an activating group) is 1. The topological polar surface area (TPSA) is 162 Å². The van der Waals surface area contributed by atoms with Gasteiger partial charge in [-0.3, -0.25) is 24.5 Å². The maximum atomic E-state index is 12.5. The molecule has 1 unspecified atom stereocenters. The number of carboxylic acids is 1. The fourth-order valence-electron chi connectivity index (χ4n) is 3.28. The van der Waals surface area contributed by atoms with Crippen LogP contribution in [-0.4, -0.2) is 78.3 Å². The number of non-ortho nitro benzene ring substituents is 1. The predicted molar refractivity (Wildman–Crippen MR) is 124 cm³/mol. The van der Waals surface area contributed by atoms with Crippen LogP contribution in [0.25, 0.3) is 0 Å². The monoisotopic (exact) mass is 496 g/mol. The van der Waals surface area contributed by atoms with Gasteiger partial charge >= 0.3 is 23.9 Å². The number of nitrogens with one attached hydrogen (secondary N) is 1. The van der Waals surface area contributed by atoms with Crippen molar-refractivity contribution in [3.05, 3.63) is 39.9 Å². The molecule has 0 bridgehead atoms. The summed E-state index contributed by atoms with van der Waals surface area (Å²) >= 11 is 0. The molecular weight excluding hydrogens is 462 g/mol. The predicted octanol–water partition coefficient (Wildman–Crippen LogP) is 2.43. The number of hydrogen-bond donors (Lipinski definition) is 2. The van der Waals surface area contributed by atoms with Crippen LogP contribution in [0.4, 0.5) is 10.5 Å². The van der Waals surface area contributed by atoms with E-state index in [4.69, 9.17) is 14.6 Å². The van der Waals surface area contributed by atoms with Gasteiger partial charge in [0, 0.05) is 38.4 Å². The Labute approximate surface area is 203 Å². The largest absolute Gasteiger partial charge is 0.481 e. The summed E-state index contributed by atoms with van der Waals surface area (Å²) in [6.45, 7) is 1.77. The number of carboxylic acid groups (broad SMARTS) is 1. The molecule has 1 aromatic carbocycles. The number of nitro groups is 1. The molecule has 0 saturated heterocycles. The van der Waals surface area contributed by atoms with Gasteiger partial charge in [0.1, 0.15) is 6.54 Å². The highest BCUT2D eigenvalue weighted by molar-refractivity contribution is 5.70. The molecule has 1 atom stereocenters. The highest BCUT2D eigenvalue weighted by atomic mass is 16.6. The van der Waals surface area contributed by atoms with Crippen LogP contribution in [0.1, 0.15) is 44.6 Å². The molecule has 12 nitrogen and oxygen atoms in total. The zero-order chi connectivity index (χ0) is 26.4. The summed E-state index contributed by atoms with van der Waals surface area (Å²) in [4.78, 5) is 56.6. The minimum Gasteiger partial charge on any atom is -0.481 e. The van der Waals surface area contributed by atoms with Crippen LogP contribution in [-0.2, 0) is 30.3 Å². The molecule has 0 aromatic heterocycles. The second-order valence-electron chi connectivity index (χ2n) is 8.63. The molecule has 35 heavy (non-hydrogen) atoms. The zero-order valence-corrected chi connectivity index (χ0v) is 20.4. The van der Waals surface area contributed by atoms with Crippen LogP contribution in [0.3, 0.4) is 0 Å². The fourth-order valence-corrected chi connectivity index (χ4v) is 3.28. The van der Waals surface area contributed by atoms with Crippen molar-refractivity contribution in [2.24, 2.45) is 0 Å². The van der Waals surface area contributed by atoms with E-state index in [1.54, 1.807) is 26.2 Å². The van der Waals surface area contributed by atoms with E-state index in [2.05, 4.69) is 5.32 Å². The molecule has 0 spiro atoms. The molecule has 0 saturated carbocycles. The summed E-state index contributed by atoms with van der Waals surface area (Å²) in [6, 6.07) is 5.73. The van der Waals surface area contributed by atoms with Crippen molar-refractivity contribution >= 4 is 29.6 Å². The molecule has 1 rings (SSSR count). The van der Waals surface area contributed by atoms with E-state index in [1.807, 2.05) is 0 Å². The number of urea groups is 1. The van der Waals surface area contributed by atoms with E-state index in [1.165, 1.54) is 19.1 Å². The van der Waals surface area contributed by atoms with Gasteiger partial charge in [0.2, 0.25) is 0 Å². The Kier molecular flexibility index (Phi) is 12.4. The molecule has 2 N–H and O–H groups in total. The Morgan fingerprint density at radius 1 is 1.11 bits per heavy atom. The number of hydrogen-bond acceptors (Lipinski definition) is 8. The number of rotatable bonds is 15. The molecule has 12 heteroatoms. The molecule has 0 aliphatic rings. The van der Waals surface area contributed by atoms with Gasteiger partial charge in [-0.1, -0.05) is 18.6 Å². The average molecular weight is 497 g/mol. The molecule has 194 valence electrons. The molecule has 0 fully saturated rings. The van der Waals surface area contributed by atoms with Crippen molar-refractivity contribution < 1.29 is 43.2 Å². The van der Waals surface area contributed by atoms with Gasteiger partial charge in [0.25, 0.3) is 5.69 Å². The molecule has 0 radical (unpaired) electrons. The number of esters is 2. The molecular formula is C23H34N3O9+. The lowest BCUT2D eigenvalue weighted by Gasteiger charge is -2.29. The van der Waals surface area contributed by atoms with Crippen molar-refractivity contribution in [2.45, 2.75) is 51.6 Å². The van der Waals surface area contributed by atoms with Crippen LogP contribution >= 0.6 is 0 Å². The Morgan fingerprint density at radius 3 is 2.34 bits per heavy atom. The Bertz CT molecular complexity index is 869. The first-order valence-corrected chi connectivity index (χ1v) is 11.3. The first-order chi connectivity index (χ1) is 16.4. The van der Waals surface area contributed by atoms with Crippen molar-refractivity contribution in [3.63, 3.8) is 0 Å². The minimum absolute atomic E-state index is 0.00817. The van der Waals surface area contributed by atoms with Crippen LogP contribution in [0, 0.1) is 10.1 Å². The van der Waals surface area contributed by atoms with E-state index in [0.29, 0.717) is 32.2 Å². The highest BCUT2D eigenvalue weighted by Crippen LogP contribution is 2.13. The first-order valence-electron chi connectivity index (χ1n) is 11.3. The van der Waals surface area contributed by atoms with Gasteiger partial charge in [-0.25, -0.2) is 9.28 Å². The minimum atomic E-state index is -1.12. The van der Waals surface area contributed by atoms with Gasteiger partial charge in [0.15, 0.2) is 6.10 Å². The number of carbonyl (C=O) groups is 4. The molecule has 0 aliphatic heterocycles. The number of quaternary nitrogens is 1. The average Bonchev–Trinajstić information content (AvgIpc) is 2.75. The van der Waals surface area contributed by atoms with E-state index in [9.17, 15) is 29.3 Å². The van der Waals surface area contributed by atoms with E-state index in [-0.39, 0.29) is 41.7 Å². The Balaban J connectivity index is 2.23. The highest BCUT2D eigenvalue weighted by Gasteiger charge is 2.32. The Morgan fingerprint density at radius 2 is 1.77 bits per heavy atom. The standard InChI is InChI=1S/C23H33N3O9/c1-17(27)35-20(15-21(28)29)16-26(2,3)23(31)24-13-6-4-5-7-22(30)34-14-12-18-8-10-19(11-9-18)25(32)33/h8-11,20H,4-7,12-16H2,1-3H3,(H-,24,28,29,31)/p+1. The number of nitro benzene ring substituents is 1. The second kappa shape index (κ2) is 14.7.